The van der Waals surface area contributed by atoms with Gasteiger partial charge in [0.25, 0.3) is 0 Å². The molecule has 0 spiro atoms. The number of fused-ring (bicyclic) bond motifs is 3. The minimum atomic E-state index is 0.351. The molecule has 2 aliphatic rings. The molecule has 0 saturated carbocycles. The van der Waals surface area contributed by atoms with Crippen molar-refractivity contribution in [3.63, 3.8) is 0 Å². The molecule has 3 rings (SSSR count). The zero-order valence-electron chi connectivity index (χ0n) is 8.82. The van der Waals surface area contributed by atoms with Gasteiger partial charge in [-0.15, -0.1) is 0 Å². The van der Waals surface area contributed by atoms with E-state index in [1.165, 1.54) is 11.1 Å². The lowest BCUT2D eigenvalue weighted by Crippen LogP contribution is -2.27. The Kier molecular flexibility index (Phi) is 2.15. The number of hydrogen-bond donors (Lipinski definition) is 1. The third kappa shape index (κ3) is 1.34. The maximum atomic E-state index is 5.83. The molecule has 0 aromatic heterocycles. The van der Waals surface area contributed by atoms with Gasteiger partial charge in [0.05, 0.1) is 19.8 Å². The molecule has 2 aliphatic heterocycles. The Hall–Kier alpha value is -1.06. The second-order valence-corrected chi connectivity index (χ2v) is 4.14. The fourth-order valence-corrected chi connectivity index (χ4v) is 2.61. The molecule has 3 nitrogen and oxygen atoms in total. The first-order chi connectivity index (χ1) is 7.40. The predicted molar refractivity (Wildman–Crippen MR) is 57.2 cm³/mol. The summed E-state index contributed by atoms with van der Waals surface area (Å²) in [6, 6.07) is 6.27. The van der Waals surface area contributed by atoms with Gasteiger partial charge in [0.15, 0.2) is 0 Å². The van der Waals surface area contributed by atoms with Gasteiger partial charge in [-0.05, 0) is 11.6 Å². The highest BCUT2D eigenvalue weighted by atomic mass is 16.5. The van der Waals surface area contributed by atoms with Gasteiger partial charge >= 0.3 is 0 Å². The van der Waals surface area contributed by atoms with Crippen molar-refractivity contribution in [3.8, 4) is 5.75 Å². The van der Waals surface area contributed by atoms with Gasteiger partial charge < -0.3 is 14.8 Å². The van der Waals surface area contributed by atoms with E-state index in [1.54, 1.807) is 7.11 Å². The average Bonchev–Trinajstić information content (AvgIpc) is 2.76. The summed E-state index contributed by atoms with van der Waals surface area (Å²) in [7, 11) is 1.72. The number of methoxy groups -OCH3 is 1. The summed E-state index contributed by atoms with van der Waals surface area (Å²) in [5.41, 5.74) is 2.63. The van der Waals surface area contributed by atoms with E-state index < -0.39 is 0 Å². The van der Waals surface area contributed by atoms with E-state index in [1.807, 2.05) is 6.07 Å². The Balaban J connectivity index is 2.07. The highest BCUT2D eigenvalue weighted by Crippen LogP contribution is 2.37. The third-order valence-corrected chi connectivity index (χ3v) is 3.39. The number of benzene rings is 1. The molecular formula is C12H15NO2. The van der Waals surface area contributed by atoms with Crippen LogP contribution >= 0.6 is 0 Å². The molecule has 3 heteroatoms. The van der Waals surface area contributed by atoms with Crippen LogP contribution in [0.3, 0.4) is 0 Å². The van der Waals surface area contributed by atoms with Crippen LogP contribution in [0.2, 0.25) is 0 Å². The van der Waals surface area contributed by atoms with Crippen molar-refractivity contribution in [2.75, 3.05) is 20.2 Å². The number of ether oxygens (including phenoxy) is 2. The van der Waals surface area contributed by atoms with Crippen LogP contribution in [0.5, 0.6) is 5.75 Å². The molecule has 1 aromatic carbocycles. The minimum Gasteiger partial charge on any atom is -0.496 e. The first-order valence-electron chi connectivity index (χ1n) is 5.38. The van der Waals surface area contributed by atoms with Crippen molar-refractivity contribution in [2.24, 2.45) is 0 Å². The molecular weight excluding hydrogens is 190 g/mol. The monoisotopic (exact) mass is 205 g/mol. The van der Waals surface area contributed by atoms with E-state index >= 15 is 0 Å². The maximum absolute atomic E-state index is 5.83. The van der Waals surface area contributed by atoms with Gasteiger partial charge in [0, 0.05) is 24.6 Å². The summed E-state index contributed by atoms with van der Waals surface area (Å²) < 4.78 is 11.2. The van der Waals surface area contributed by atoms with Gasteiger partial charge in [-0.1, -0.05) is 12.1 Å². The van der Waals surface area contributed by atoms with Crippen LogP contribution in [0.15, 0.2) is 18.2 Å². The van der Waals surface area contributed by atoms with E-state index in [0.717, 1.165) is 18.8 Å². The molecule has 1 saturated heterocycles. The van der Waals surface area contributed by atoms with Gasteiger partial charge in [0.2, 0.25) is 0 Å². The Labute approximate surface area is 89.4 Å². The summed E-state index contributed by atoms with van der Waals surface area (Å²) in [5, 5.41) is 3.38. The lowest BCUT2D eigenvalue weighted by molar-refractivity contribution is 0.0286. The summed E-state index contributed by atoms with van der Waals surface area (Å²) in [6.45, 7) is 2.67. The molecule has 0 radical (unpaired) electrons. The van der Waals surface area contributed by atoms with Crippen LogP contribution in [0.25, 0.3) is 0 Å². The molecule has 0 bridgehead atoms. The second kappa shape index (κ2) is 3.51. The van der Waals surface area contributed by atoms with Gasteiger partial charge in [-0.25, -0.2) is 0 Å². The summed E-state index contributed by atoms with van der Waals surface area (Å²) in [5.74, 6) is 1.46. The van der Waals surface area contributed by atoms with Gasteiger partial charge in [0.1, 0.15) is 5.75 Å². The van der Waals surface area contributed by atoms with Crippen LogP contribution in [0.1, 0.15) is 17.0 Å². The molecule has 0 aliphatic carbocycles. The second-order valence-electron chi connectivity index (χ2n) is 4.14. The van der Waals surface area contributed by atoms with Crippen molar-refractivity contribution in [3.05, 3.63) is 29.3 Å². The van der Waals surface area contributed by atoms with E-state index in [9.17, 15) is 0 Å². The van der Waals surface area contributed by atoms with Crippen LogP contribution in [-0.2, 0) is 11.3 Å². The third-order valence-electron chi connectivity index (χ3n) is 3.39. The topological polar surface area (TPSA) is 30.5 Å². The fraction of sp³-hybridized carbons (Fsp3) is 0.500. The molecule has 2 atom stereocenters. The minimum absolute atomic E-state index is 0.351. The summed E-state index contributed by atoms with van der Waals surface area (Å²) >= 11 is 0. The Morgan fingerprint density at radius 3 is 3.20 bits per heavy atom. The van der Waals surface area contributed by atoms with Gasteiger partial charge in [-0.3, -0.25) is 0 Å². The lowest BCUT2D eigenvalue weighted by atomic mass is 9.89. The van der Waals surface area contributed by atoms with E-state index in [-0.39, 0.29) is 0 Å². The van der Waals surface area contributed by atoms with Crippen LogP contribution in [-0.4, -0.2) is 26.3 Å². The normalized spacial score (nSPS) is 28.3. The maximum Gasteiger partial charge on any atom is 0.124 e. The Bertz CT molecular complexity index is 378. The highest BCUT2D eigenvalue weighted by molar-refractivity contribution is 5.44. The molecule has 1 aromatic rings. The zero-order valence-corrected chi connectivity index (χ0v) is 8.82. The molecule has 1 N–H and O–H groups in total. The summed E-state index contributed by atoms with van der Waals surface area (Å²) in [4.78, 5) is 0. The van der Waals surface area contributed by atoms with Crippen LogP contribution < -0.4 is 10.1 Å². The average molecular weight is 205 g/mol. The van der Waals surface area contributed by atoms with E-state index in [2.05, 4.69) is 17.4 Å². The highest BCUT2D eigenvalue weighted by Gasteiger charge is 2.35. The predicted octanol–water partition coefficient (Wildman–Crippen LogP) is 1.28. The number of hydrogen-bond acceptors (Lipinski definition) is 3. The van der Waals surface area contributed by atoms with Gasteiger partial charge in [-0.2, -0.15) is 0 Å². The van der Waals surface area contributed by atoms with Crippen molar-refractivity contribution in [2.45, 2.75) is 18.6 Å². The molecule has 2 heterocycles. The standard InChI is InChI=1S/C12H15NO2/c1-14-11-4-2-3-8-9-5-13-6-12(9)15-7-10(8)11/h2-4,9,12-13H,5-7H2,1H3. The van der Waals surface area contributed by atoms with Crippen molar-refractivity contribution < 1.29 is 9.47 Å². The van der Waals surface area contributed by atoms with Crippen LogP contribution in [0.4, 0.5) is 0 Å². The fourth-order valence-electron chi connectivity index (χ4n) is 2.61. The quantitative estimate of drug-likeness (QED) is 0.749. The first-order valence-corrected chi connectivity index (χ1v) is 5.38. The molecule has 2 unspecified atom stereocenters. The lowest BCUT2D eigenvalue weighted by Gasteiger charge is -2.28. The van der Waals surface area contributed by atoms with Crippen molar-refractivity contribution >= 4 is 0 Å². The Morgan fingerprint density at radius 1 is 1.40 bits per heavy atom. The Morgan fingerprint density at radius 2 is 2.33 bits per heavy atom. The number of rotatable bonds is 1. The van der Waals surface area contributed by atoms with Crippen molar-refractivity contribution in [1.82, 2.24) is 5.32 Å². The molecule has 0 amide bonds. The van der Waals surface area contributed by atoms with Crippen molar-refractivity contribution in [1.29, 1.82) is 0 Å². The molecule has 1 fully saturated rings. The van der Waals surface area contributed by atoms with E-state index in [0.29, 0.717) is 18.6 Å². The molecule has 80 valence electrons. The zero-order chi connectivity index (χ0) is 10.3. The van der Waals surface area contributed by atoms with E-state index in [4.69, 9.17) is 9.47 Å². The SMILES string of the molecule is COc1cccc2c1COC1CNCC21. The smallest absolute Gasteiger partial charge is 0.124 e. The van der Waals surface area contributed by atoms with Crippen LogP contribution in [0, 0.1) is 0 Å². The summed E-state index contributed by atoms with van der Waals surface area (Å²) in [6.07, 6.45) is 0.351. The largest absolute Gasteiger partial charge is 0.496 e. The number of nitrogens with one attached hydrogen (secondary N) is 1. The first kappa shape index (κ1) is 9.19. The molecule has 15 heavy (non-hydrogen) atoms.